The van der Waals surface area contributed by atoms with Crippen LogP contribution in [0.4, 0.5) is 4.39 Å². The first-order valence-corrected chi connectivity index (χ1v) is 7.70. The van der Waals surface area contributed by atoms with E-state index in [1.165, 1.54) is 18.2 Å². The molecule has 3 nitrogen and oxygen atoms in total. The second-order valence-electron chi connectivity index (χ2n) is 4.78. The summed E-state index contributed by atoms with van der Waals surface area (Å²) in [6, 6.07) is 13.4. The molecule has 1 aromatic heterocycles. The van der Waals surface area contributed by atoms with Gasteiger partial charge in [0.15, 0.2) is 0 Å². The van der Waals surface area contributed by atoms with E-state index in [1.807, 2.05) is 30.3 Å². The average molecular weight is 360 g/mol. The molecular formula is C17H11BrFNO2. The number of fused-ring (bicyclic) bond motifs is 1. The van der Waals surface area contributed by atoms with E-state index in [0.29, 0.717) is 27.5 Å². The number of hydrogen-bond acceptors (Lipinski definition) is 2. The van der Waals surface area contributed by atoms with Crippen molar-refractivity contribution < 1.29 is 14.3 Å². The molecule has 0 fully saturated rings. The van der Waals surface area contributed by atoms with Gasteiger partial charge >= 0.3 is 5.97 Å². The van der Waals surface area contributed by atoms with Crippen LogP contribution in [0.3, 0.4) is 0 Å². The molecule has 5 heteroatoms. The van der Waals surface area contributed by atoms with Crippen molar-refractivity contribution >= 4 is 32.8 Å². The Kier molecular flexibility index (Phi) is 3.90. The van der Waals surface area contributed by atoms with Gasteiger partial charge in [0.05, 0.1) is 16.8 Å². The van der Waals surface area contributed by atoms with Gasteiger partial charge < -0.3 is 5.11 Å². The summed E-state index contributed by atoms with van der Waals surface area (Å²) in [5.41, 5.74) is 2.50. The van der Waals surface area contributed by atoms with Gasteiger partial charge in [0, 0.05) is 21.8 Å². The molecule has 0 bridgehead atoms. The number of hydrogen-bond donors (Lipinski definition) is 1. The van der Waals surface area contributed by atoms with Crippen molar-refractivity contribution in [2.24, 2.45) is 0 Å². The number of aromatic carboxylic acids is 1. The normalized spacial score (nSPS) is 10.8. The summed E-state index contributed by atoms with van der Waals surface area (Å²) < 4.78 is 13.5. The molecule has 0 atom stereocenters. The lowest BCUT2D eigenvalue weighted by molar-refractivity contribution is 0.0698. The highest BCUT2D eigenvalue weighted by atomic mass is 79.9. The number of benzene rings is 2. The Morgan fingerprint density at radius 2 is 1.91 bits per heavy atom. The number of pyridine rings is 1. The van der Waals surface area contributed by atoms with Gasteiger partial charge in [-0.1, -0.05) is 46.3 Å². The molecule has 0 aliphatic carbocycles. The number of carboxylic acids is 1. The van der Waals surface area contributed by atoms with Crippen molar-refractivity contribution in [3.63, 3.8) is 0 Å². The lowest BCUT2D eigenvalue weighted by Crippen LogP contribution is -2.06. The molecule has 0 amide bonds. The van der Waals surface area contributed by atoms with Crippen LogP contribution in [-0.4, -0.2) is 16.1 Å². The number of carbonyl (C=O) groups is 1. The summed E-state index contributed by atoms with van der Waals surface area (Å²) in [4.78, 5) is 16.3. The minimum absolute atomic E-state index is 0.0835. The van der Waals surface area contributed by atoms with Crippen LogP contribution in [0.25, 0.3) is 22.2 Å². The molecule has 1 heterocycles. The molecule has 0 spiro atoms. The first-order chi connectivity index (χ1) is 10.6. The fourth-order valence-electron chi connectivity index (χ4n) is 2.48. The highest BCUT2D eigenvalue weighted by Crippen LogP contribution is 2.32. The lowest BCUT2D eigenvalue weighted by Gasteiger charge is -2.13. The first kappa shape index (κ1) is 14.7. The second-order valence-corrected chi connectivity index (χ2v) is 5.34. The molecule has 0 saturated heterocycles. The fraction of sp³-hybridized carbons (Fsp3) is 0.0588. The Labute approximate surface area is 134 Å². The smallest absolute Gasteiger partial charge is 0.336 e. The van der Waals surface area contributed by atoms with Crippen molar-refractivity contribution in [1.82, 2.24) is 4.98 Å². The van der Waals surface area contributed by atoms with Crippen molar-refractivity contribution in [2.45, 2.75) is 5.33 Å². The van der Waals surface area contributed by atoms with Gasteiger partial charge in [0.1, 0.15) is 5.82 Å². The van der Waals surface area contributed by atoms with E-state index < -0.39 is 11.8 Å². The Morgan fingerprint density at radius 1 is 1.18 bits per heavy atom. The monoisotopic (exact) mass is 359 g/mol. The quantitative estimate of drug-likeness (QED) is 0.693. The Bertz CT molecular complexity index is 865. The molecule has 22 heavy (non-hydrogen) atoms. The molecule has 0 radical (unpaired) electrons. The molecule has 2 aromatic carbocycles. The molecule has 0 aliphatic rings. The van der Waals surface area contributed by atoms with Crippen molar-refractivity contribution in [2.75, 3.05) is 0 Å². The van der Waals surface area contributed by atoms with Crippen LogP contribution in [0.1, 0.15) is 15.9 Å². The molecule has 0 unspecified atom stereocenters. The molecule has 3 rings (SSSR count). The van der Waals surface area contributed by atoms with Gasteiger partial charge in [-0.05, 0) is 18.2 Å². The zero-order valence-corrected chi connectivity index (χ0v) is 13.0. The maximum atomic E-state index is 13.5. The van der Waals surface area contributed by atoms with Gasteiger partial charge in [0.25, 0.3) is 0 Å². The summed E-state index contributed by atoms with van der Waals surface area (Å²) in [6.07, 6.45) is 0. The lowest BCUT2D eigenvalue weighted by atomic mass is 9.98. The minimum atomic E-state index is -1.09. The molecule has 1 N–H and O–H groups in total. The molecule has 0 aliphatic heterocycles. The first-order valence-electron chi connectivity index (χ1n) is 6.58. The van der Waals surface area contributed by atoms with Crippen LogP contribution < -0.4 is 0 Å². The van der Waals surface area contributed by atoms with Gasteiger partial charge in [-0.15, -0.1) is 0 Å². The Hall–Kier alpha value is -2.27. The summed E-state index contributed by atoms with van der Waals surface area (Å²) in [5.74, 6) is -1.57. The number of aromatic nitrogens is 1. The van der Waals surface area contributed by atoms with E-state index in [9.17, 15) is 14.3 Å². The maximum absolute atomic E-state index is 13.5. The summed E-state index contributed by atoms with van der Waals surface area (Å²) in [6.45, 7) is 0. The fourth-order valence-corrected chi connectivity index (χ4v) is 3.03. The zero-order valence-electron chi connectivity index (χ0n) is 11.4. The highest BCUT2D eigenvalue weighted by molar-refractivity contribution is 9.08. The highest BCUT2D eigenvalue weighted by Gasteiger charge is 2.20. The van der Waals surface area contributed by atoms with Gasteiger partial charge in [-0.25, -0.2) is 14.2 Å². The van der Waals surface area contributed by atoms with Crippen LogP contribution in [-0.2, 0) is 5.33 Å². The molecule has 0 saturated carbocycles. The van der Waals surface area contributed by atoms with Crippen LogP contribution >= 0.6 is 15.9 Å². The predicted molar refractivity (Wildman–Crippen MR) is 86.7 cm³/mol. The SMILES string of the molecule is O=C(O)c1c(CBr)c(-c2ccccc2)nc2ccc(F)cc12. The molecule has 110 valence electrons. The van der Waals surface area contributed by atoms with E-state index in [0.717, 1.165) is 5.56 Å². The number of alkyl halides is 1. The van der Waals surface area contributed by atoms with Crippen molar-refractivity contribution in [3.8, 4) is 11.3 Å². The third kappa shape index (κ3) is 2.48. The minimum Gasteiger partial charge on any atom is -0.478 e. The number of halogens is 2. The van der Waals surface area contributed by atoms with E-state index in [-0.39, 0.29) is 5.56 Å². The molecular weight excluding hydrogens is 349 g/mol. The number of nitrogens with zero attached hydrogens (tertiary/aromatic N) is 1. The van der Waals surface area contributed by atoms with Gasteiger partial charge in [-0.2, -0.15) is 0 Å². The predicted octanol–water partition coefficient (Wildman–Crippen LogP) is 4.63. The number of carboxylic acid groups (broad SMARTS) is 1. The van der Waals surface area contributed by atoms with E-state index in [1.54, 1.807) is 0 Å². The van der Waals surface area contributed by atoms with E-state index in [2.05, 4.69) is 20.9 Å². The third-order valence-corrected chi connectivity index (χ3v) is 4.00. The van der Waals surface area contributed by atoms with Crippen LogP contribution in [0, 0.1) is 5.82 Å². The summed E-state index contributed by atoms with van der Waals surface area (Å²) >= 11 is 3.33. The second kappa shape index (κ2) is 5.85. The van der Waals surface area contributed by atoms with Gasteiger partial charge in [-0.3, -0.25) is 0 Å². The summed E-state index contributed by atoms with van der Waals surface area (Å²) in [5, 5.41) is 10.2. The molecule has 3 aromatic rings. The summed E-state index contributed by atoms with van der Waals surface area (Å²) in [7, 11) is 0. The largest absolute Gasteiger partial charge is 0.478 e. The average Bonchev–Trinajstić information content (AvgIpc) is 2.53. The topological polar surface area (TPSA) is 50.2 Å². The van der Waals surface area contributed by atoms with Crippen LogP contribution in [0.15, 0.2) is 48.5 Å². The van der Waals surface area contributed by atoms with Crippen molar-refractivity contribution in [1.29, 1.82) is 0 Å². The van der Waals surface area contributed by atoms with E-state index in [4.69, 9.17) is 0 Å². The third-order valence-electron chi connectivity index (χ3n) is 3.44. The Morgan fingerprint density at radius 3 is 2.55 bits per heavy atom. The maximum Gasteiger partial charge on any atom is 0.336 e. The van der Waals surface area contributed by atoms with Crippen LogP contribution in [0.2, 0.25) is 0 Å². The standard InChI is InChI=1S/C17H11BrFNO2/c18-9-13-15(17(21)22)12-8-11(19)6-7-14(12)20-16(13)10-4-2-1-3-5-10/h1-8H,9H2,(H,21,22). The van der Waals surface area contributed by atoms with Gasteiger partial charge in [0.2, 0.25) is 0 Å². The number of rotatable bonds is 3. The Balaban J connectivity index is 2.44. The van der Waals surface area contributed by atoms with Crippen LogP contribution in [0.5, 0.6) is 0 Å². The zero-order chi connectivity index (χ0) is 15.7. The van der Waals surface area contributed by atoms with E-state index >= 15 is 0 Å². The van der Waals surface area contributed by atoms with Crippen molar-refractivity contribution in [3.05, 3.63) is 65.5 Å².